The van der Waals surface area contributed by atoms with Crippen LogP contribution in [0.3, 0.4) is 0 Å². The van der Waals surface area contributed by atoms with E-state index in [-0.39, 0.29) is 42.5 Å². The van der Waals surface area contributed by atoms with E-state index in [1.54, 1.807) is 6.92 Å². The Morgan fingerprint density at radius 1 is 1.00 bits per heavy atom. The summed E-state index contributed by atoms with van der Waals surface area (Å²) in [6, 6.07) is 0. The molecule has 0 aromatic rings. The SMILES string of the molecule is C.C.C.C.C=CC(=O)OCCOC(C)CCC.CCCF.CF.FCC(F)(F)F. The maximum Gasteiger partial charge on any atom is 0.416 e. The van der Waals surface area contributed by atoms with E-state index in [2.05, 4.69) is 13.5 Å². The first-order valence-electron chi connectivity index (χ1n) is 7.65. The van der Waals surface area contributed by atoms with E-state index in [1.165, 1.54) is 0 Å². The van der Waals surface area contributed by atoms with Crippen LogP contribution in [0.15, 0.2) is 12.7 Å². The summed E-state index contributed by atoms with van der Waals surface area (Å²) in [5.74, 6) is -0.397. The van der Waals surface area contributed by atoms with Gasteiger partial charge >= 0.3 is 12.1 Å². The highest BCUT2D eigenvalue weighted by atomic mass is 19.4. The molecule has 3 nitrogen and oxygen atoms in total. The van der Waals surface area contributed by atoms with Gasteiger partial charge in [-0.3, -0.25) is 8.78 Å². The van der Waals surface area contributed by atoms with Crippen molar-refractivity contribution in [3.8, 4) is 0 Å². The van der Waals surface area contributed by atoms with Crippen molar-refractivity contribution in [2.45, 2.75) is 82.0 Å². The molecular weight excluding hydrogens is 402 g/mol. The molecule has 0 aromatic carbocycles. The van der Waals surface area contributed by atoms with Crippen molar-refractivity contribution in [1.82, 2.24) is 0 Å². The van der Waals surface area contributed by atoms with Crippen molar-refractivity contribution in [2.75, 3.05) is 33.7 Å². The van der Waals surface area contributed by atoms with E-state index in [1.807, 2.05) is 6.92 Å². The Balaban J connectivity index is -0.0000000394. The summed E-state index contributed by atoms with van der Waals surface area (Å²) in [5, 5.41) is 0. The minimum absolute atomic E-state index is 0. The molecule has 0 rings (SSSR count). The number of rotatable bonds is 8. The maximum absolute atomic E-state index is 10.7. The fourth-order valence-electron chi connectivity index (χ4n) is 0.940. The Kier molecular flexibility index (Phi) is 72.3. The van der Waals surface area contributed by atoms with Crippen LogP contribution in [0.2, 0.25) is 0 Å². The quantitative estimate of drug-likeness (QED) is 0.164. The molecule has 0 fully saturated rings. The molecule has 9 heteroatoms. The number of carbonyl (C=O) groups excluding carboxylic acids is 1. The number of alkyl halides is 6. The standard InChI is InChI=1S/C10H18O3.C3H7F.C2H2F4.CH3F.4CH4/c1-4-6-9(3)12-7-8-13-10(11)5-2;1-2-3-4;3-1-2(4,5)6;1-2;;;;/h5,9H,2,4,6-8H2,1,3H3;2-3H2,1H3;1H2;1H3;4*1H4. The normalized spacial score (nSPS) is 9.17. The molecule has 0 N–H and O–H groups in total. The Labute approximate surface area is 175 Å². The Hall–Kier alpha value is -1.25. The van der Waals surface area contributed by atoms with Crippen LogP contribution in [0.4, 0.5) is 26.3 Å². The number of esters is 1. The predicted molar refractivity (Wildman–Crippen MR) is 114 cm³/mol. The largest absolute Gasteiger partial charge is 0.460 e. The molecule has 0 aliphatic rings. The van der Waals surface area contributed by atoms with Gasteiger partial charge in [-0.15, -0.1) is 0 Å². The minimum Gasteiger partial charge on any atom is -0.460 e. The summed E-state index contributed by atoms with van der Waals surface area (Å²) >= 11 is 0. The van der Waals surface area contributed by atoms with Gasteiger partial charge in [0, 0.05) is 6.08 Å². The van der Waals surface area contributed by atoms with Crippen molar-refractivity contribution >= 4 is 5.97 Å². The fraction of sp³-hybridized carbons (Fsp3) is 0.850. The molecule has 186 valence electrons. The minimum atomic E-state index is -4.62. The molecule has 0 aliphatic heterocycles. The zero-order valence-corrected chi connectivity index (χ0v) is 15.3. The van der Waals surface area contributed by atoms with Crippen molar-refractivity contribution in [3.63, 3.8) is 0 Å². The first-order valence-corrected chi connectivity index (χ1v) is 7.65. The van der Waals surface area contributed by atoms with Crippen LogP contribution < -0.4 is 0 Å². The molecule has 0 amide bonds. The van der Waals surface area contributed by atoms with Gasteiger partial charge in [-0.05, 0) is 19.8 Å². The van der Waals surface area contributed by atoms with Crippen LogP contribution in [0.5, 0.6) is 0 Å². The number of carbonyl (C=O) groups is 1. The van der Waals surface area contributed by atoms with Crippen molar-refractivity contribution in [3.05, 3.63) is 12.7 Å². The van der Waals surface area contributed by atoms with E-state index in [9.17, 15) is 31.1 Å². The molecular formula is C20H46F6O3. The molecule has 0 radical (unpaired) electrons. The van der Waals surface area contributed by atoms with E-state index in [0.717, 1.165) is 18.9 Å². The summed E-state index contributed by atoms with van der Waals surface area (Å²) in [4.78, 5) is 10.6. The van der Waals surface area contributed by atoms with Gasteiger partial charge in [-0.25, -0.2) is 9.18 Å². The van der Waals surface area contributed by atoms with Gasteiger partial charge < -0.3 is 9.47 Å². The Bertz CT molecular complexity index is 273. The van der Waals surface area contributed by atoms with Crippen LogP contribution in [-0.4, -0.2) is 52.0 Å². The lowest BCUT2D eigenvalue weighted by Gasteiger charge is -2.11. The molecule has 0 spiro atoms. The predicted octanol–water partition coefficient (Wildman–Crippen LogP) is 7.94. The van der Waals surface area contributed by atoms with Crippen molar-refractivity contribution in [2.24, 2.45) is 0 Å². The zero-order chi connectivity index (χ0) is 20.7. The fourth-order valence-corrected chi connectivity index (χ4v) is 0.940. The lowest BCUT2D eigenvalue weighted by Crippen LogP contribution is -2.14. The second kappa shape index (κ2) is 41.2. The summed E-state index contributed by atoms with van der Waals surface area (Å²) < 4.78 is 71.9. The average Bonchev–Trinajstić information content (AvgIpc) is 2.60. The molecule has 0 saturated heterocycles. The first-order chi connectivity index (χ1) is 11.7. The van der Waals surface area contributed by atoms with Gasteiger partial charge in [0.05, 0.1) is 26.6 Å². The van der Waals surface area contributed by atoms with Gasteiger partial charge in [0.25, 0.3) is 0 Å². The van der Waals surface area contributed by atoms with Gasteiger partial charge in [-0.2, -0.15) is 13.2 Å². The van der Waals surface area contributed by atoms with Crippen LogP contribution in [0.25, 0.3) is 0 Å². The second-order valence-corrected chi connectivity index (χ2v) is 4.28. The number of hydrogen-bond acceptors (Lipinski definition) is 3. The highest BCUT2D eigenvalue weighted by Gasteiger charge is 2.26. The molecule has 1 atom stereocenters. The van der Waals surface area contributed by atoms with Crippen LogP contribution in [0.1, 0.15) is 69.7 Å². The Morgan fingerprint density at radius 3 is 1.62 bits per heavy atom. The molecule has 0 aromatic heterocycles. The topological polar surface area (TPSA) is 35.5 Å². The molecule has 0 bridgehead atoms. The lowest BCUT2D eigenvalue weighted by atomic mass is 10.2. The van der Waals surface area contributed by atoms with Crippen LogP contribution >= 0.6 is 0 Å². The highest BCUT2D eigenvalue weighted by Crippen LogP contribution is 2.13. The molecule has 0 saturated carbocycles. The monoisotopic (exact) mass is 448 g/mol. The number of hydrogen-bond donors (Lipinski definition) is 0. The summed E-state index contributed by atoms with van der Waals surface area (Å²) in [6.07, 6.45) is -0.439. The van der Waals surface area contributed by atoms with Gasteiger partial charge in [0.1, 0.15) is 6.61 Å². The Morgan fingerprint density at radius 2 is 1.38 bits per heavy atom. The van der Waals surface area contributed by atoms with Crippen molar-refractivity contribution in [1.29, 1.82) is 0 Å². The lowest BCUT2D eigenvalue weighted by molar-refractivity contribution is -0.142. The summed E-state index contributed by atoms with van der Waals surface area (Å²) in [7, 11) is 0.500. The molecule has 1 unspecified atom stereocenters. The van der Waals surface area contributed by atoms with E-state index in [0.29, 0.717) is 26.8 Å². The molecule has 29 heavy (non-hydrogen) atoms. The maximum atomic E-state index is 10.7. The highest BCUT2D eigenvalue weighted by molar-refractivity contribution is 5.81. The third kappa shape index (κ3) is 75.3. The smallest absolute Gasteiger partial charge is 0.416 e. The van der Waals surface area contributed by atoms with Crippen LogP contribution in [-0.2, 0) is 14.3 Å². The van der Waals surface area contributed by atoms with Gasteiger partial charge in [0.2, 0.25) is 0 Å². The first kappa shape index (κ1) is 50.9. The van der Waals surface area contributed by atoms with Crippen molar-refractivity contribution < 1.29 is 40.6 Å². The third-order valence-corrected chi connectivity index (χ3v) is 1.93. The molecule has 0 aliphatic carbocycles. The zero-order valence-electron chi connectivity index (χ0n) is 15.3. The van der Waals surface area contributed by atoms with E-state index >= 15 is 0 Å². The van der Waals surface area contributed by atoms with Crippen LogP contribution in [0, 0.1) is 0 Å². The van der Waals surface area contributed by atoms with E-state index < -0.39 is 18.8 Å². The van der Waals surface area contributed by atoms with E-state index in [4.69, 9.17) is 9.47 Å². The average molecular weight is 449 g/mol. The summed E-state index contributed by atoms with van der Waals surface area (Å²) in [5.41, 5.74) is 0. The molecule has 0 heterocycles. The van der Waals surface area contributed by atoms with Gasteiger partial charge in [0.15, 0.2) is 6.67 Å². The van der Waals surface area contributed by atoms with Gasteiger partial charge in [-0.1, -0.05) is 56.6 Å². The number of ether oxygens (including phenoxy) is 2. The number of halogens is 6. The second-order valence-electron chi connectivity index (χ2n) is 4.28. The third-order valence-electron chi connectivity index (χ3n) is 1.93. The summed E-state index contributed by atoms with van der Waals surface area (Å²) in [6.45, 7) is 7.57.